The number of hydrogen-bond acceptors (Lipinski definition) is 12. The van der Waals surface area contributed by atoms with Crippen LogP contribution in [0.3, 0.4) is 0 Å². The second-order valence-corrected chi connectivity index (χ2v) is 15.0. The van der Waals surface area contributed by atoms with Crippen LogP contribution in [0.1, 0.15) is 181 Å². The maximum atomic E-state index is 13.7. The van der Waals surface area contributed by atoms with Crippen molar-refractivity contribution in [2.24, 2.45) is 0 Å². The quantitative estimate of drug-likeness (QED) is 0.0371. The zero-order chi connectivity index (χ0) is 42.3. The summed E-state index contributed by atoms with van der Waals surface area (Å²) in [5.74, 6) is -4.72. The fourth-order valence-corrected chi connectivity index (χ4v) is 6.28. The van der Waals surface area contributed by atoms with E-state index in [1.807, 2.05) is 0 Å². The molecule has 2 heterocycles. The van der Waals surface area contributed by atoms with E-state index >= 15 is 0 Å². The van der Waals surface area contributed by atoms with Gasteiger partial charge in [-0.1, -0.05) is 136 Å². The third-order valence-corrected chi connectivity index (χ3v) is 9.78. The van der Waals surface area contributed by atoms with Gasteiger partial charge in [-0.3, -0.25) is 19.0 Å². The summed E-state index contributed by atoms with van der Waals surface area (Å²) in [4.78, 5) is 51.6. The van der Waals surface area contributed by atoms with E-state index in [1.54, 1.807) is 0 Å². The Labute approximate surface area is 338 Å². The molecule has 0 unspecified atom stereocenters. The number of carbonyl (C=O) groups excluding carboxylic acids is 3. The molecule has 0 aromatic carbocycles. The molecule has 1 saturated heterocycles. The van der Waals surface area contributed by atoms with Gasteiger partial charge in [0.15, 0.2) is 12.2 Å². The minimum absolute atomic E-state index is 0.0667. The van der Waals surface area contributed by atoms with Crippen LogP contribution in [0.5, 0.6) is 0 Å². The van der Waals surface area contributed by atoms with Crippen LogP contribution < -0.4 is 11.4 Å². The van der Waals surface area contributed by atoms with Crippen LogP contribution in [0.25, 0.3) is 0 Å². The van der Waals surface area contributed by atoms with Crippen molar-refractivity contribution < 1.29 is 52.3 Å². The average molecular weight is 818 g/mol. The summed E-state index contributed by atoms with van der Waals surface area (Å²) in [7, 11) is 0. The normalized spacial score (nSPS) is 17.2. The molecule has 0 radical (unpaired) electrons. The lowest BCUT2D eigenvalue weighted by molar-refractivity contribution is -0.167. The van der Waals surface area contributed by atoms with Gasteiger partial charge in [-0.15, -0.1) is 0 Å². The van der Waals surface area contributed by atoms with Crippen molar-refractivity contribution in [1.82, 2.24) is 9.55 Å². The average Bonchev–Trinajstić information content (AvgIpc) is 3.41. The molecule has 1 fully saturated rings. The van der Waals surface area contributed by atoms with Crippen molar-refractivity contribution in [2.45, 2.75) is 205 Å². The molecule has 1 aliphatic rings. The Morgan fingerprint density at radius 2 is 1.16 bits per heavy atom. The first kappa shape index (κ1) is 51.8. The van der Waals surface area contributed by atoms with Gasteiger partial charge in [-0.25, -0.2) is 4.79 Å². The SMILES string of the molecule is CCCCCCCCCC(=O)OCC(COC(=O)CCCCCCCCC)OC(=O)CCCCCCCCC.Nc1ccn([C@@H]2O[C@H](CO)[C@@H](O)C2(F)F)c(=O)n1. The van der Waals surface area contributed by atoms with E-state index in [4.69, 9.17) is 29.8 Å². The van der Waals surface area contributed by atoms with E-state index in [1.165, 1.54) is 77.0 Å². The van der Waals surface area contributed by atoms with Gasteiger partial charge in [-0.05, 0) is 25.3 Å². The van der Waals surface area contributed by atoms with Crippen LogP contribution in [0.4, 0.5) is 14.6 Å². The summed E-state index contributed by atoms with van der Waals surface area (Å²) in [6.07, 6.45) is 19.3. The molecule has 1 aliphatic heterocycles. The molecule has 57 heavy (non-hydrogen) atoms. The molecular formula is C42H73F2N3O10. The van der Waals surface area contributed by atoms with Crippen molar-refractivity contribution in [3.05, 3.63) is 22.7 Å². The van der Waals surface area contributed by atoms with Gasteiger partial charge in [-0.2, -0.15) is 13.8 Å². The highest BCUT2D eigenvalue weighted by Gasteiger charge is 2.59. The number of hydrogen-bond donors (Lipinski definition) is 3. The van der Waals surface area contributed by atoms with Crippen LogP contribution in [-0.2, 0) is 33.3 Å². The zero-order valence-electron chi connectivity index (χ0n) is 34.9. The highest BCUT2D eigenvalue weighted by atomic mass is 19.3. The molecule has 15 heteroatoms. The number of anilines is 1. The summed E-state index contributed by atoms with van der Waals surface area (Å²) < 4.78 is 49.1. The van der Waals surface area contributed by atoms with Crippen LogP contribution in [0.15, 0.2) is 17.1 Å². The highest BCUT2D eigenvalue weighted by molar-refractivity contribution is 5.71. The van der Waals surface area contributed by atoms with Crippen molar-refractivity contribution >= 4 is 23.7 Å². The maximum Gasteiger partial charge on any atom is 0.351 e. The molecule has 3 atom stereocenters. The minimum atomic E-state index is -3.71. The van der Waals surface area contributed by atoms with E-state index in [9.17, 15) is 33.1 Å². The van der Waals surface area contributed by atoms with Crippen molar-refractivity contribution in [3.63, 3.8) is 0 Å². The molecule has 13 nitrogen and oxygen atoms in total. The Balaban J connectivity index is 0.000000741. The number of aliphatic hydroxyl groups excluding tert-OH is 2. The van der Waals surface area contributed by atoms with Gasteiger partial charge in [0.2, 0.25) is 6.23 Å². The minimum Gasteiger partial charge on any atom is -0.462 e. The van der Waals surface area contributed by atoms with Crippen LogP contribution >= 0.6 is 0 Å². The first-order valence-corrected chi connectivity index (χ1v) is 21.6. The van der Waals surface area contributed by atoms with Crippen LogP contribution in [-0.4, -0.2) is 81.7 Å². The molecule has 4 N–H and O–H groups in total. The lowest BCUT2D eigenvalue weighted by Gasteiger charge is -2.20. The second-order valence-electron chi connectivity index (χ2n) is 15.0. The summed E-state index contributed by atoms with van der Waals surface area (Å²) >= 11 is 0. The topological polar surface area (TPSA) is 190 Å². The first-order valence-electron chi connectivity index (χ1n) is 21.6. The Morgan fingerprint density at radius 1 is 0.754 bits per heavy atom. The number of ether oxygens (including phenoxy) is 4. The van der Waals surface area contributed by atoms with E-state index in [2.05, 4.69) is 25.8 Å². The molecule has 0 aliphatic carbocycles. The number of nitrogen functional groups attached to an aromatic ring is 1. The third-order valence-electron chi connectivity index (χ3n) is 9.78. The molecule has 2 rings (SSSR count). The Kier molecular flexibility index (Phi) is 28.9. The van der Waals surface area contributed by atoms with E-state index in [0.717, 1.165) is 70.1 Å². The molecule has 330 valence electrons. The number of unbranched alkanes of at least 4 members (excludes halogenated alkanes) is 18. The molecule has 0 bridgehead atoms. The number of carbonyl (C=O) groups is 3. The van der Waals surface area contributed by atoms with E-state index in [0.29, 0.717) is 23.8 Å². The Morgan fingerprint density at radius 3 is 1.54 bits per heavy atom. The number of rotatable bonds is 31. The second kappa shape index (κ2) is 31.8. The molecule has 1 aromatic heterocycles. The van der Waals surface area contributed by atoms with Gasteiger partial charge in [0.05, 0.1) is 6.61 Å². The molecule has 0 amide bonds. The fourth-order valence-electron chi connectivity index (χ4n) is 6.28. The third kappa shape index (κ3) is 23.1. The number of nitrogens with two attached hydrogens (primary N) is 1. The van der Waals surface area contributed by atoms with E-state index in [-0.39, 0.29) is 36.9 Å². The lowest BCUT2D eigenvalue weighted by atomic mass is 10.1. The maximum absolute atomic E-state index is 13.7. The number of alkyl halides is 2. The van der Waals surface area contributed by atoms with Crippen molar-refractivity contribution in [1.29, 1.82) is 0 Å². The number of aliphatic hydroxyl groups is 2. The van der Waals surface area contributed by atoms with Crippen LogP contribution in [0.2, 0.25) is 0 Å². The monoisotopic (exact) mass is 818 g/mol. The molecule has 1 aromatic rings. The fraction of sp³-hybridized carbons (Fsp3) is 0.833. The van der Waals surface area contributed by atoms with Crippen molar-refractivity contribution in [3.8, 4) is 0 Å². The Hall–Kier alpha value is -3.17. The first-order chi connectivity index (χ1) is 27.4. The number of aromatic nitrogens is 2. The number of nitrogens with zero attached hydrogens (tertiary/aromatic N) is 2. The van der Waals surface area contributed by atoms with Gasteiger partial charge >= 0.3 is 29.5 Å². The summed E-state index contributed by atoms with van der Waals surface area (Å²) in [5, 5.41) is 18.1. The smallest absolute Gasteiger partial charge is 0.351 e. The number of esters is 3. The molecule has 0 saturated carbocycles. The largest absolute Gasteiger partial charge is 0.462 e. The van der Waals surface area contributed by atoms with Crippen LogP contribution in [0, 0.1) is 0 Å². The van der Waals surface area contributed by atoms with E-state index < -0.39 is 42.8 Å². The summed E-state index contributed by atoms with van der Waals surface area (Å²) in [6, 6.07) is 1.15. The number of halogens is 2. The van der Waals surface area contributed by atoms with Crippen molar-refractivity contribution in [2.75, 3.05) is 25.6 Å². The predicted molar refractivity (Wildman–Crippen MR) is 214 cm³/mol. The Bertz CT molecular complexity index is 1250. The molecular weight excluding hydrogens is 744 g/mol. The lowest BCUT2D eigenvalue weighted by Crippen LogP contribution is -2.41. The summed E-state index contributed by atoms with van der Waals surface area (Å²) in [5.41, 5.74) is 4.21. The standard InChI is InChI=1S/C33H62O6.C9H11F2N3O4/c1-4-7-10-13-16-19-22-25-31(34)37-28-30(39-33(36)27-24-21-18-15-12-9-6-3)29-38-32(35)26-23-20-17-14-11-8-5-2;10-9(11)6(16)4(3-15)18-7(9)14-2-1-5(12)13-8(14)17/h30H,4-29H2,1-3H3;1-2,4,6-7,15-16H,3H2,(H2,12,13,17)/t;4-,6-,7-/m.1/s1. The van der Waals surface area contributed by atoms with Gasteiger partial charge in [0, 0.05) is 25.5 Å². The predicted octanol–water partition coefficient (Wildman–Crippen LogP) is 8.12. The van der Waals surface area contributed by atoms with Gasteiger partial charge in [0.25, 0.3) is 0 Å². The van der Waals surface area contributed by atoms with Gasteiger partial charge < -0.3 is 34.9 Å². The zero-order valence-corrected chi connectivity index (χ0v) is 34.9. The highest BCUT2D eigenvalue weighted by Crippen LogP contribution is 2.42. The summed E-state index contributed by atoms with van der Waals surface area (Å²) in [6.45, 7) is 5.68. The van der Waals surface area contributed by atoms with Gasteiger partial charge in [0.1, 0.15) is 25.1 Å². The molecule has 0 spiro atoms.